The van der Waals surface area contributed by atoms with Gasteiger partial charge in [-0.1, -0.05) is 24.6 Å². The van der Waals surface area contributed by atoms with Crippen molar-refractivity contribution >= 4 is 33.4 Å². The minimum absolute atomic E-state index is 0.0997. The fourth-order valence-electron chi connectivity index (χ4n) is 4.12. The Hall–Kier alpha value is -2.46. The number of esters is 1. The zero-order valence-electron chi connectivity index (χ0n) is 20.1. The van der Waals surface area contributed by atoms with Gasteiger partial charge >= 0.3 is 22.3 Å². The summed E-state index contributed by atoms with van der Waals surface area (Å²) >= 11 is 1.35. The van der Waals surface area contributed by atoms with Crippen molar-refractivity contribution in [1.29, 1.82) is 0 Å². The topological polar surface area (TPSA) is 74.0 Å². The van der Waals surface area contributed by atoms with Gasteiger partial charge in [0.25, 0.3) is 0 Å². The number of thioether (sulfide) groups is 1. The van der Waals surface area contributed by atoms with Crippen molar-refractivity contribution in [3.8, 4) is 0 Å². The molecule has 0 fully saturated rings. The molecule has 10 heteroatoms. The highest BCUT2D eigenvalue weighted by Gasteiger charge is 2.43. The van der Waals surface area contributed by atoms with Crippen LogP contribution in [0.15, 0.2) is 47.1 Å². The summed E-state index contributed by atoms with van der Waals surface area (Å²) < 4.78 is 73.5. The molecule has 1 heterocycles. The monoisotopic (exact) mass is 529 g/mol. The lowest BCUT2D eigenvalue weighted by molar-refractivity contribution is -0.137. The lowest BCUT2D eigenvalue weighted by Crippen LogP contribution is -2.33. The van der Waals surface area contributed by atoms with E-state index in [1.807, 2.05) is 39.8 Å². The first-order valence-corrected chi connectivity index (χ1v) is 13.7. The Bertz CT molecular complexity index is 1230. The second kappa shape index (κ2) is 10.3. The number of carbonyl (C=O) groups excluding carboxylic acids is 1. The number of alkyl halides is 3. The maximum absolute atomic E-state index is 12.8. The molecular weight excluding hydrogens is 501 g/mol. The van der Waals surface area contributed by atoms with Crippen LogP contribution < -0.4 is 0 Å². The summed E-state index contributed by atoms with van der Waals surface area (Å²) in [6, 6.07) is 8.73. The molecule has 190 valence electrons. The highest BCUT2D eigenvalue weighted by molar-refractivity contribution is 7.99. The van der Waals surface area contributed by atoms with Gasteiger partial charge in [0.05, 0.1) is 18.2 Å². The maximum atomic E-state index is 12.8. The minimum Gasteiger partial charge on any atom is -0.386 e. The zero-order valence-corrected chi connectivity index (χ0v) is 21.7. The molecule has 0 saturated heterocycles. The predicted molar refractivity (Wildman–Crippen MR) is 131 cm³/mol. The van der Waals surface area contributed by atoms with Gasteiger partial charge in [-0.3, -0.25) is 0 Å². The van der Waals surface area contributed by atoms with Crippen LogP contribution in [0.2, 0.25) is 0 Å². The first kappa shape index (κ1) is 27.1. The van der Waals surface area contributed by atoms with Crippen LogP contribution in [0.25, 0.3) is 5.57 Å². The number of halogens is 3. The van der Waals surface area contributed by atoms with Gasteiger partial charge in [-0.2, -0.15) is 21.6 Å². The molecule has 0 amide bonds. The smallest absolute Gasteiger partial charge is 0.386 e. The first-order chi connectivity index (χ1) is 16.2. The van der Waals surface area contributed by atoms with Crippen molar-refractivity contribution < 1.29 is 35.3 Å². The van der Waals surface area contributed by atoms with Crippen LogP contribution in [-0.4, -0.2) is 37.3 Å². The van der Waals surface area contributed by atoms with Gasteiger partial charge in [0.1, 0.15) is 5.76 Å². The second-order valence-electron chi connectivity index (χ2n) is 8.84. The van der Waals surface area contributed by atoms with Crippen molar-refractivity contribution in [2.45, 2.75) is 51.3 Å². The van der Waals surface area contributed by atoms with E-state index < -0.39 is 33.9 Å². The molecule has 0 radical (unpaired) electrons. The third-order valence-corrected chi connectivity index (χ3v) is 7.45. The number of ether oxygens (including phenoxy) is 1. The van der Waals surface area contributed by atoms with Crippen molar-refractivity contribution in [2.24, 2.45) is 5.92 Å². The molecule has 0 aromatic heterocycles. The molecule has 1 N–H and O–H groups in total. The van der Waals surface area contributed by atoms with Gasteiger partial charge in [-0.05, 0) is 56.2 Å². The molecule has 5 nitrogen and oxygen atoms in total. The van der Waals surface area contributed by atoms with Crippen LogP contribution >= 0.6 is 11.8 Å². The Balaban J connectivity index is 1.85. The average molecular weight is 530 g/mol. The molecule has 0 aliphatic carbocycles. The van der Waals surface area contributed by atoms with Crippen molar-refractivity contribution in [2.75, 3.05) is 12.0 Å². The molecule has 0 bridgehead atoms. The third kappa shape index (κ3) is 6.82. The summed E-state index contributed by atoms with van der Waals surface area (Å²) in [5, 5.41) is 0. The van der Waals surface area contributed by atoms with E-state index in [4.69, 9.17) is 8.92 Å². The Morgan fingerprint density at radius 2 is 1.71 bits per heavy atom. The molecule has 2 atom stereocenters. The molecule has 2 unspecified atom stereocenters. The molecule has 35 heavy (non-hydrogen) atoms. The van der Waals surface area contributed by atoms with Gasteiger partial charge < -0.3 is 13.7 Å². The highest BCUT2D eigenvalue weighted by atomic mass is 32.2. The summed E-state index contributed by atoms with van der Waals surface area (Å²) in [4.78, 5) is 11.5. The molecular formula is C25H28F3O5S2+. The van der Waals surface area contributed by atoms with Crippen molar-refractivity contribution in [3.05, 3.63) is 70.0 Å². The lowest BCUT2D eigenvalue weighted by Gasteiger charge is -2.25. The van der Waals surface area contributed by atoms with E-state index in [1.54, 1.807) is 0 Å². The summed E-state index contributed by atoms with van der Waals surface area (Å²) in [6.07, 6.45) is -3.94. The van der Waals surface area contributed by atoms with Crippen LogP contribution in [-0.2, 0) is 25.2 Å². The number of benzene rings is 2. The quantitative estimate of drug-likeness (QED) is 0.189. The van der Waals surface area contributed by atoms with Crippen molar-refractivity contribution in [1.82, 2.24) is 0 Å². The van der Waals surface area contributed by atoms with E-state index >= 15 is 0 Å². The molecule has 2 aromatic rings. The van der Waals surface area contributed by atoms with E-state index in [-0.39, 0.29) is 23.7 Å². The van der Waals surface area contributed by atoms with E-state index in [0.29, 0.717) is 16.2 Å². The Kier molecular flexibility index (Phi) is 7.96. The number of hydrogen-bond donors (Lipinski definition) is 0. The molecule has 1 aliphatic rings. The van der Waals surface area contributed by atoms with Crippen LogP contribution in [0.3, 0.4) is 0 Å². The van der Waals surface area contributed by atoms with E-state index in [9.17, 15) is 26.4 Å². The van der Waals surface area contributed by atoms with Gasteiger partial charge in [0, 0.05) is 22.1 Å². The van der Waals surface area contributed by atoms with E-state index in [1.165, 1.54) is 23.9 Å². The Morgan fingerprint density at radius 3 is 2.23 bits per heavy atom. The van der Waals surface area contributed by atoms with Crippen LogP contribution in [0.1, 0.15) is 41.2 Å². The first-order valence-electron chi connectivity index (χ1n) is 10.9. The van der Waals surface area contributed by atoms with Gasteiger partial charge in [0.2, 0.25) is 6.10 Å². The maximum Gasteiger partial charge on any atom is 0.522 e. The molecule has 1 aliphatic heterocycles. The molecule has 0 saturated carbocycles. The Labute approximate surface area is 207 Å². The molecule has 0 spiro atoms. The standard InChI is InChI=1S/C25H27F3O5S2/c1-14-10-15(2)22(16(3)11-14)23-21(33-35(5,30)31)12-20(32-24(23)29)17(4)13-34-19-8-6-18(7-9-19)25(26,27)28/h6-11,17,20H,12-13H2,1-5H3/p+1. The lowest BCUT2D eigenvalue weighted by atomic mass is 9.89. The molecule has 3 rings (SSSR count). The van der Waals surface area contributed by atoms with E-state index in [2.05, 4.69) is 0 Å². The minimum atomic E-state index is -4.39. The third-order valence-electron chi connectivity index (χ3n) is 5.65. The zero-order chi connectivity index (χ0) is 26.1. The SMILES string of the molecule is Cc1cc(C)c(C2=C(OS(C)(=O)=O)CC(C(C)CSc3ccc(C(F)(F)F)cc3)OC2=[OH+])c(C)c1. The van der Waals surface area contributed by atoms with Crippen LogP contribution in [0, 0.1) is 26.7 Å². The second-order valence-corrected chi connectivity index (χ2v) is 11.5. The van der Waals surface area contributed by atoms with Crippen LogP contribution in [0.4, 0.5) is 13.2 Å². The fraction of sp³-hybridized carbons (Fsp3) is 0.400. The number of rotatable bonds is 7. The average Bonchev–Trinajstić information content (AvgIpc) is 2.71. The normalized spacial score (nSPS) is 17.8. The summed E-state index contributed by atoms with van der Waals surface area (Å²) in [7, 11) is -3.88. The van der Waals surface area contributed by atoms with Gasteiger partial charge in [-0.15, -0.1) is 11.8 Å². The Morgan fingerprint density at radius 1 is 1.14 bits per heavy atom. The molecule has 2 aromatic carbocycles. The summed E-state index contributed by atoms with van der Waals surface area (Å²) in [5.41, 5.74) is 2.85. The largest absolute Gasteiger partial charge is 0.522 e. The predicted octanol–water partition coefficient (Wildman–Crippen LogP) is 6.04. The summed E-state index contributed by atoms with van der Waals surface area (Å²) in [6.45, 7) is 7.53. The van der Waals surface area contributed by atoms with Crippen LogP contribution in [0.5, 0.6) is 0 Å². The number of aryl methyl sites for hydroxylation is 3. The highest BCUT2D eigenvalue weighted by Crippen LogP contribution is 2.38. The fourth-order valence-corrected chi connectivity index (χ4v) is 5.63. The van der Waals surface area contributed by atoms with E-state index in [0.717, 1.165) is 35.1 Å². The van der Waals surface area contributed by atoms with Gasteiger partial charge in [0.15, 0.2) is 5.57 Å². The van der Waals surface area contributed by atoms with Crippen molar-refractivity contribution in [3.63, 3.8) is 0 Å². The van der Waals surface area contributed by atoms with Gasteiger partial charge in [-0.25, -0.2) is 0 Å². The number of hydrogen-bond acceptors (Lipinski definition) is 5. The number of cyclic esters (lactones) is 1. The summed E-state index contributed by atoms with van der Waals surface area (Å²) in [5.74, 6) is -0.0405.